The van der Waals surface area contributed by atoms with Crippen molar-refractivity contribution in [1.82, 2.24) is 0 Å². The number of hydrogen-bond donors (Lipinski definition) is 1. The summed E-state index contributed by atoms with van der Waals surface area (Å²) in [6.45, 7) is 7.78. The Bertz CT molecular complexity index is 669. The molecule has 2 aromatic carbocycles. The van der Waals surface area contributed by atoms with E-state index in [1.165, 1.54) is 0 Å². The smallest absolute Gasteiger partial charge is 0.292 e. The minimum Gasteiger partial charge on any atom is -0.319 e. The Morgan fingerprint density at radius 1 is 0.864 bits per heavy atom. The molecule has 2 rings (SSSR count). The van der Waals surface area contributed by atoms with Gasteiger partial charge in [-0.15, -0.1) is 0 Å². The first-order chi connectivity index (χ1) is 10.4. The molecular formula is C19H21NO2. The minimum atomic E-state index is -0.561. The lowest BCUT2D eigenvalue weighted by Gasteiger charge is -2.10. The molecule has 0 aliphatic heterocycles. The van der Waals surface area contributed by atoms with Gasteiger partial charge in [0.1, 0.15) is 0 Å². The number of carbonyl (C=O) groups is 2. The van der Waals surface area contributed by atoms with Crippen molar-refractivity contribution in [2.45, 2.75) is 34.1 Å². The van der Waals surface area contributed by atoms with Crippen molar-refractivity contribution in [2.24, 2.45) is 0 Å². The van der Waals surface area contributed by atoms with E-state index >= 15 is 0 Å². The van der Waals surface area contributed by atoms with Crippen LogP contribution in [0.3, 0.4) is 0 Å². The lowest BCUT2D eigenvalue weighted by Crippen LogP contribution is -2.25. The van der Waals surface area contributed by atoms with Crippen LogP contribution in [0.15, 0.2) is 36.4 Å². The number of ketones is 1. The number of hydrogen-bond acceptors (Lipinski definition) is 2. The third-order valence-electron chi connectivity index (χ3n) is 3.75. The van der Waals surface area contributed by atoms with Crippen molar-refractivity contribution in [3.8, 4) is 0 Å². The number of benzene rings is 2. The third-order valence-corrected chi connectivity index (χ3v) is 3.75. The van der Waals surface area contributed by atoms with Gasteiger partial charge in [-0.3, -0.25) is 9.59 Å². The fourth-order valence-corrected chi connectivity index (χ4v) is 2.31. The van der Waals surface area contributed by atoms with Gasteiger partial charge in [-0.1, -0.05) is 35.9 Å². The zero-order chi connectivity index (χ0) is 16.3. The maximum absolute atomic E-state index is 12.2. The van der Waals surface area contributed by atoms with Crippen molar-refractivity contribution < 1.29 is 9.59 Å². The van der Waals surface area contributed by atoms with Gasteiger partial charge in [0, 0.05) is 12.1 Å². The van der Waals surface area contributed by atoms with E-state index in [2.05, 4.69) is 5.32 Å². The topological polar surface area (TPSA) is 46.2 Å². The Balaban J connectivity index is 2.11. The summed E-state index contributed by atoms with van der Waals surface area (Å²) < 4.78 is 0. The van der Waals surface area contributed by atoms with Crippen molar-refractivity contribution in [3.05, 3.63) is 64.2 Å². The second kappa shape index (κ2) is 6.56. The van der Waals surface area contributed by atoms with Gasteiger partial charge in [-0.05, 0) is 56.0 Å². The zero-order valence-corrected chi connectivity index (χ0v) is 13.5. The molecule has 2 aromatic rings. The standard InChI is InChI=1S/C19H21NO2/c1-12-5-7-14(3)16(9-12)11-18(21)19(22)20-17-10-13(2)6-8-15(17)4/h5-10H,11H2,1-4H3,(H,20,22). The molecule has 0 aliphatic carbocycles. The number of aryl methyl sites for hydroxylation is 4. The highest BCUT2D eigenvalue weighted by atomic mass is 16.2. The molecule has 0 atom stereocenters. The minimum absolute atomic E-state index is 0.129. The highest BCUT2D eigenvalue weighted by molar-refractivity contribution is 6.41. The molecule has 0 fully saturated rings. The Hall–Kier alpha value is -2.42. The molecule has 1 amide bonds. The number of Topliss-reactive ketones (excluding diaryl/α,β-unsaturated/α-hetero) is 1. The highest BCUT2D eigenvalue weighted by Gasteiger charge is 2.16. The fraction of sp³-hybridized carbons (Fsp3) is 0.263. The van der Waals surface area contributed by atoms with Gasteiger partial charge in [0.15, 0.2) is 0 Å². The summed E-state index contributed by atoms with van der Waals surface area (Å²) in [5, 5.41) is 2.72. The van der Waals surface area contributed by atoms with Crippen LogP contribution >= 0.6 is 0 Å². The molecule has 0 saturated carbocycles. The van der Waals surface area contributed by atoms with Crippen LogP contribution in [0.2, 0.25) is 0 Å². The van der Waals surface area contributed by atoms with E-state index in [-0.39, 0.29) is 6.42 Å². The Morgan fingerprint density at radius 3 is 2.14 bits per heavy atom. The first-order valence-electron chi connectivity index (χ1n) is 7.34. The van der Waals surface area contributed by atoms with Crippen LogP contribution in [0.25, 0.3) is 0 Å². The van der Waals surface area contributed by atoms with E-state index in [1.807, 2.05) is 64.1 Å². The first kappa shape index (κ1) is 16.0. The number of carbonyl (C=O) groups excluding carboxylic acids is 2. The van der Waals surface area contributed by atoms with Crippen LogP contribution in [0.4, 0.5) is 5.69 Å². The number of rotatable bonds is 4. The highest BCUT2D eigenvalue weighted by Crippen LogP contribution is 2.17. The number of nitrogens with one attached hydrogen (secondary N) is 1. The van der Waals surface area contributed by atoms with Crippen molar-refractivity contribution in [1.29, 1.82) is 0 Å². The molecule has 0 spiro atoms. The van der Waals surface area contributed by atoms with Crippen molar-refractivity contribution >= 4 is 17.4 Å². The largest absolute Gasteiger partial charge is 0.319 e. The van der Waals surface area contributed by atoms with Gasteiger partial charge in [-0.25, -0.2) is 0 Å². The number of anilines is 1. The van der Waals surface area contributed by atoms with Gasteiger partial charge < -0.3 is 5.32 Å². The average molecular weight is 295 g/mol. The summed E-state index contributed by atoms with van der Waals surface area (Å²) >= 11 is 0. The van der Waals surface area contributed by atoms with Gasteiger partial charge in [0.25, 0.3) is 5.91 Å². The molecule has 0 bridgehead atoms. The van der Waals surface area contributed by atoms with Crippen LogP contribution in [0, 0.1) is 27.7 Å². The van der Waals surface area contributed by atoms with E-state index in [1.54, 1.807) is 0 Å². The van der Waals surface area contributed by atoms with Crippen LogP contribution in [-0.2, 0) is 16.0 Å². The average Bonchev–Trinajstić information content (AvgIpc) is 2.46. The van der Waals surface area contributed by atoms with Gasteiger partial charge >= 0.3 is 0 Å². The van der Waals surface area contributed by atoms with E-state index in [0.29, 0.717) is 5.69 Å². The predicted octanol–water partition coefficient (Wildman–Crippen LogP) is 3.67. The van der Waals surface area contributed by atoms with E-state index < -0.39 is 11.7 Å². The lowest BCUT2D eigenvalue weighted by molar-refractivity contribution is -0.134. The van der Waals surface area contributed by atoms with Crippen LogP contribution in [0.5, 0.6) is 0 Å². The summed E-state index contributed by atoms with van der Waals surface area (Å²) in [5.74, 6) is -0.982. The van der Waals surface area contributed by atoms with E-state index in [4.69, 9.17) is 0 Å². The molecule has 0 heterocycles. The SMILES string of the molecule is Cc1ccc(C)c(CC(=O)C(=O)Nc2cc(C)ccc2C)c1. The molecule has 3 heteroatoms. The molecule has 22 heavy (non-hydrogen) atoms. The summed E-state index contributed by atoms with van der Waals surface area (Å²) in [6, 6.07) is 11.7. The van der Waals surface area contributed by atoms with Gasteiger partial charge in [0.2, 0.25) is 5.78 Å². The summed E-state index contributed by atoms with van der Waals surface area (Å²) in [5.41, 5.74) is 5.70. The second-order valence-electron chi connectivity index (χ2n) is 5.80. The van der Waals surface area contributed by atoms with E-state index in [0.717, 1.165) is 27.8 Å². The third kappa shape index (κ3) is 3.82. The molecule has 0 aromatic heterocycles. The molecule has 114 valence electrons. The van der Waals surface area contributed by atoms with Crippen LogP contribution in [-0.4, -0.2) is 11.7 Å². The summed E-state index contributed by atoms with van der Waals surface area (Å²) in [6.07, 6.45) is 0.129. The molecule has 0 unspecified atom stereocenters. The van der Waals surface area contributed by atoms with Crippen LogP contribution in [0.1, 0.15) is 27.8 Å². The molecule has 0 saturated heterocycles. The van der Waals surface area contributed by atoms with Crippen molar-refractivity contribution in [3.63, 3.8) is 0 Å². The fourth-order valence-electron chi connectivity index (χ4n) is 2.31. The van der Waals surface area contributed by atoms with E-state index in [9.17, 15) is 9.59 Å². The maximum atomic E-state index is 12.2. The first-order valence-corrected chi connectivity index (χ1v) is 7.34. The van der Waals surface area contributed by atoms with Crippen LogP contribution < -0.4 is 5.32 Å². The Kier molecular flexibility index (Phi) is 4.76. The molecule has 1 N–H and O–H groups in total. The normalized spacial score (nSPS) is 10.4. The van der Waals surface area contributed by atoms with Gasteiger partial charge in [-0.2, -0.15) is 0 Å². The predicted molar refractivity (Wildman–Crippen MR) is 89.2 cm³/mol. The second-order valence-corrected chi connectivity index (χ2v) is 5.80. The van der Waals surface area contributed by atoms with Crippen molar-refractivity contribution in [2.75, 3.05) is 5.32 Å². The molecule has 3 nitrogen and oxygen atoms in total. The summed E-state index contributed by atoms with van der Waals surface area (Å²) in [4.78, 5) is 24.3. The Labute approximate surface area is 131 Å². The molecule has 0 aliphatic rings. The maximum Gasteiger partial charge on any atom is 0.292 e. The lowest BCUT2D eigenvalue weighted by atomic mass is 10.0. The Morgan fingerprint density at radius 2 is 1.45 bits per heavy atom. The summed E-state index contributed by atoms with van der Waals surface area (Å²) in [7, 11) is 0. The zero-order valence-electron chi connectivity index (χ0n) is 13.5. The van der Waals surface area contributed by atoms with Gasteiger partial charge in [0.05, 0.1) is 0 Å². The quantitative estimate of drug-likeness (QED) is 0.875. The monoisotopic (exact) mass is 295 g/mol. The molecule has 0 radical (unpaired) electrons. The molecular weight excluding hydrogens is 274 g/mol. The number of amides is 1.